The molecule has 7 heteroatoms. The summed E-state index contributed by atoms with van der Waals surface area (Å²) in [7, 11) is 0. The first-order valence-electron chi connectivity index (χ1n) is 9.57. The van der Waals surface area contributed by atoms with Crippen LogP contribution in [0, 0.1) is 0 Å². The number of amides is 1. The highest BCUT2D eigenvalue weighted by molar-refractivity contribution is 6.30. The van der Waals surface area contributed by atoms with E-state index in [0.29, 0.717) is 43.3 Å². The Labute approximate surface area is 174 Å². The third-order valence-electron chi connectivity index (χ3n) is 4.81. The van der Waals surface area contributed by atoms with E-state index in [2.05, 4.69) is 10.2 Å². The number of carbonyl (C=O) groups excluding carboxylic acids is 1. The lowest BCUT2D eigenvalue weighted by molar-refractivity contribution is -0.0247. The fourth-order valence-electron chi connectivity index (χ4n) is 3.26. The van der Waals surface area contributed by atoms with Crippen molar-refractivity contribution in [2.24, 2.45) is 0 Å². The highest BCUT2D eigenvalue weighted by Gasteiger charge is 2.27. The van der Waals surface area contributed by atoms with Gasteiger partial charge in [-0.05, 0) is 42.5 Å². The van der Waals surface area contributed by atoms with Crippen molar-refractivity contribution in [1.29, 1.82) is 0 Å². The summed E-state index contributed by atoms with van der Waals surface area (Å²) in [5.74, 6) is 0.797. The standard InChI is InChI=1S/C22H22ClN3O3/c23-17-6-8-19(9-7-17)28-12-10-18-14-20(25-24-18)21-15-26(11-13-29-21)22(27)16-4-2-1-3-5-16/h1-9,14,21H,10-13,15H2,(H,24,25)/t21-/m0/s1. The molecule has 1 aromatic heterocycles. The van der Waals surface area contributed by atoms with Crippen LogP contribution in [0.25, 0.3) is 0 Å². The van der Waals surface area contributed by atoms with E-state index in [9.17, 15) is 4.79 Å². The van der Waals surface area contributed by atoms with E-state index in [0.717, 1.165) is 17.1 Å². The normalized spacial score (nSPS) is 16.6. The molecule has 2 aromatic carbocycles. The van der Waals surface area contributed by atoms with Gasteiger partial charge in [-0.3, -0.25) is 9.89 Å². The highest BCUT2D eigenvalue weighted by atomic mass is 35.5. The van der Waals surface area contributed by atoms with Crippen LogP contribution in [0.1, 0.15) is 27.8 Å². The predicted octanol–water partition coefficient (Wildman–Crippen LogP) is 3.90. The molecule has 0 bridgehead atoms. The zero-order valence-corrected chi connectivity index (χ0v) is 16.6. The summed E-state index contributed by atoms with van der Waals surface area (Å²) in [6.07, 6.45) is 0.452. The molecule has 3 aromatic rings. The van der Waals surface area contributed by atoms with Crippen LogP contribution in [0.3, 0.4) is 0 Å². The number of aromatic nitrogens is 2. The third-order valence-corrected chi connectivity index (χ3v) is 5.06. The average molecular weight is 412 g/mol. The van der Waals surface area contributed by atoms with Gasteiger partial charge in [-0.15, -0.1) is 0 Å². The number of ether oxygens (including phenoxy) is 2. The molecular weight excluding hydrogens is 390 g/mol. The molecule has 1 amide bonds. The predicted molar refractivity (Wildman–Crippen MR) is 110 cm³/mol. The van der Waals surface area contributed by atoms with Crippen LogP contribution < -0.4 is 4.74 Å². The lowest BCUT2D eigenvalue weighted by atomic mass is 10.1. The molecule has 4 rings (SSSR count). The molecule has 0 unspecified atom stereocenters. The Morgan fingerprint density at radius 2 is 2.00 bits per heavy atom. The minimum atomic E-state index is -0.237. The molecule has 6 nitrogen and oxygen atoms in total. The summed E-state index contributed by atoms with van der Waals surface area (Å²) in [6, 6.07) is 18.6. The summed E-state index contributed by atoms with van der Waals surface area (Å²) in [5, 5.41) is 8.11. The van der Waals surface area contributed by atoms with Gasteiger partial charge in [0, 0.05) is 29.2 Å². The van der Waals surface area contributed by atoms with Gasteiger partial charge in [-0.2, -0.15) is 5.10 Å². The first-order chi connectivity index (χ1) is 14.2. The van der Waals surface area contributed by atoms with E-state index in [4.69, 9.17) is 21.1 Å². The van der Waals surface area contributed by atoms with E-state index >= 15 is 0 Å². The maximum Gasteiger partial charge on any atom is 0.254 e. The Morgan fingerprint density at radius 1 is 1.21 bits per heavy atom. The van der Waals surface area contributed by atoms with Crippen LogP contribution >= 0.6 is 11.6 Å². The van der Waals surface area contributed by atoms with Crippen molar-refractivity contribution in [2.75, 3.05) is 26.3 Å². The summed E-state index contributed by atoms with van der Waals surface area (Å²) in [5.41, 5.74) is 2.45. The van der Waals surface area contributed by atoms with E-state index < -0.39 is 0 Å². The molecule has 2 heterocycles. The quantitative estimate of drug-likeness (QED) is 0.668. The molecule has 0 radical (unpaired) electrons. The van der Waals surface area contributed by atoms with Crippen LogP contribution in [-0.4, -0.2) is 47.3 Å². The molecule has 1 aliphatic rings. The second-order valence-electron chi connectivity index (χ2n) is 6.85. The van der Waals surface area contributed by atoms with Crippen LogP contribution in [0.15, 0.2) is 60.7 Å². The van der Waals surface area contributed by atoms with Gasteiger partial charge in [0.2, 0.25) is 0 Å². The summed E-state index contributed by atoms with van der Waals surface area (Å²) >= 11 is 5.88. The Balaban J connectivity index is 1.32. The fourth-order valence-corrected chi connectivity index (χ4v) is 3.38. The van der Waals surface area contributed by atoms with E-state index in [-0.39, 0.29) is 12.0 Å². The second kappa shape index (κ2) is 9.11. The topological polar surface area (TPSA) is 67.5 Å². The molecule has 0 saturated carbocycles. The molecule has 1 N–H and O–H groups in total. The van der Waals surface area contributed by atoms with Gasteiger partial charge in [0.15, 0.2) is 0 Å². The number of morpholine rings is 1. The van der Waals surface area contributed by atoms with Crippen LogP contribution in [0.4, 0.5) is 0 Å². The molecule has 0 aliphatic carbocycles. The third kappa shape index (κ3) is 4.96. The number of nitrogens with one attached hydrogen (secondary N) is 1. The molecule has 0 spiro atoms. The minimum Gasteiger partial charge on any atom is -0.493 e. The molecule has 1 saturated heterocycles. The largest absolute Gasteiger partial charge is 0.493 e. The minimum absolute atomic E-state index is 0.0195. The van der Waals surface area contributed by atoms with Gasteiger partial charge in [0.05, 0.1) is 25.5 Å². The number of H-pyrrole nitrogens is 1. The van der Waals surface area contributed by atoms with E-state index in [1.54, 1.807) is 12.1 Å². The van der Waals surface area contributed by atoms with Gasteiger partial charge >= 0.3 is 0 Å². The zero-order chi connectivity index (χ0) is 20.1. The first-order valence-corrected chi connectivity index (χ1v) is 9.95. The summed E-state index contributed by atoms with van der Waals surface area (Å²) in [6.45, 7) is 2.08. The Bertz CT molecular complexity index is 943. The van der Waals surface area contributed by atoms with Crippen molar-refractivity contribution in [1.82, 2.24) is 15.1 Å². The van der Waals surface area contributed by atoms with Gasteiger partial charge < -0.3 is 14.4 Å². The maximum atomic E-state index is 12.7. The molecule has 1 fully saturated rings. The van der Waals surface area contributed by atoms with Gasteiger partial charge in [-0.1, -0.05) is 29.8 Å². The molecule has 29 heavy (non-hydrogen) atoms. The maximum absolute atomic E-state index is 12.7. The van der Waals surface area contributed by atoms with Crippen LogP contribution in [0.2, 0.25) is 5.02 Å². The molecular formula is C22H22ClN3O3. The summed E-state index contributed by atoms with van der Waals surface area (Å²) < 4.78 is 11.6. The Hall–Kier alpha value is -2.83. The number of carbonyl (C=O) groups is 1. The number of halogens is 1. The van der Waals surface area contributed by atoms with Crippen LogP contribution in [0.5, 0.6) is 5.75 Å². The highest BCUT2D eigenvalue weighted by Crippen LogP contribution is 2.23. The molecule has 150 valence electrons. The summed E-state index contributed by atoms with van der Waals surface area (Å²) in [4.78, 5) is 14.5. The van der Waals surface area contributed by atoms with Crippen molar-refractivity contribution in [3.63, 3.8) is 0 Å². The van der Waals surface area contributed by atoms with E-state index in [1.165, 1.54) is 0 Å². The monoisotopic (exact) mass is 411 g/mol. The van der Waals surface area contributed by atoms with Gasteiger partial charge in [0.25, 0.3) is 5.91 Å². The number of hydrogen-bond donors (Lipinski definition) is 1. The van der Waals surface area contributed by atoms with Crippen molar-refractivity contribution in [2.45, 2.75) is 12.5 Å². The fraction of sp³-hybridized carbons (Fsp3) is 0.273. The number of nitrogens with zero attached hydrogens (tertiary/aromatic N) is 2. The van der Waals surface area contributed by atoms with Crippen molar-refractivity contribution in [3.05, 3.63) is 82.6 Å². The smallest absolute Gasteiger partial charge is 0.254 e. The molecule has 1 aliphatic heterocycles. The lowest BCUT2D eigenvalue weighted by Gasteiger charge is -2.32. The number of hydrogen-bond acceptors (Lipinski definition) is 4. The number of benzene rings is 2. The van der Waals surface area contributed by atoms with Crippen LogP contribution in [-0.2, 0) is 11.2 Å². The van der Waals surface area contributed by atoms with E-state index in [1.807, 2.05) is 53.4 Å². The van der Waals surface area contributed by atoms with Crippen molar-refractivity contribution in [3.8, 4) is 5.75 Å². The van der Waals surface area contributed by atoms with Gasteiger partial charge in [0.1, 0.15) is 11.9 Å². The Kier molecular flexibility index (Phi) is 6.12. The SMILES string of the molecule is O=C(c1ccccc1)N1CCO[C@H](c2cc(CCOc3ccc(Cl)cc3)[nH]n2)C1. The first kappa shape index (κ1) is 19.5. The van der Waals surface area contributed by atoms with Crippen molar-refractivity contribution < 1.29 is 14.3 Å². The van der Waals surface area contributed by atoms with Crippen molar-refractivity contribution >= 4 is 17.5 Å². The average Bonchev–Trinajstić information content (AvgIpc) is 3.24. The molecule has 1 atom stereocenters. The lowest BCUT2D eigenvalue weighted by Crippen LogP contribution is -2.42. The second-order valence-corrected chi connectivity index (χ2v) is 7.28. The number of rotatable bonds is 6. The Morgan fingerprint density at radius 3 is 2.79 bits per heavy atom. The number of aromatic amines is 1. The zero-order valence-electron chi connectivity index (χ0n) is 15.9. The van der Waals surface area contributed by atoms with Gasteiger partial charge in [-0.25, -0.2) is 0 Å².